The van der Waals surface area contributed by atoms with Crippen molar-refractivity contribution in [1.29, 1.82) is 0 Å². The van der Waals surface area contributed by atoms with Crippen molar-refractivity contribution in [3.63, 3.8) is 0 Å². The number of rotatable bonds is 11. The lowest BCUT2D eigenvalue weighted by atomic mass is 10.1. The molecule has 0 amide bonds. The summed E-state index contributed by atoms with van der Waals surface area (Å²) in [6.07, 6.45) is -1.20. The number of ether oxygens (including phenoxy) is 6. The first-order valence-electron chi connectivity index (χ1n) is 12.5. The number of methoxy groups -OCH3 is 1. The number of carbonyl (C=O) groups excluding carboxylic acids is 4. The minimum Gasteiger partial charge on any atom is -0.468 e. The maximum absolute atomic E-state index is 12.4. The summed E-state index contributed by atoms with van der Waals surface area (Å²) in [5, 5.41) is 3.01. The highest BCUT2D eigenvalue weighted by Crippen LogP contribution is 2.31. The average molecular weight is 540 g/mol. The normalized spacial score (nSPS) is 13.1. The van der Waals surface area contributed by atoms with Crippen molar-refractivity contribution in [2.24, 2.45) is 5.92 Å². The zero-order valence-corrected chi connectivity index (χ0v) is 23.8. The Hall–Kier alpha value is -3.34. The number of nitrogens with one attached hydrogen (secondary N) is 1. The van der Waals surface area contributed by atoms with E-state index in [9.17, 15) is 19.2 Å². The maximum atomic E-state index is 12.4. The van der Waals surface area contributed by atoms with Crippen LogP contribution in [0.2, 0.25) is 0 Å². The summed E-state index contributed by atoms with van der Waals surface area (Å²) in [6.45, 7) is 14.0. The molecule has 11 heteroatoms. The van der Waals surface area contributed by atoms with E-state index >= 15 is 0 Å². The van der Waals surface area contributed by atoms with E-state index in [1.54, 1.807) is 54.5 Å². The first-order chi connectivity index (χ1) is 17.5. The van der Waals surface area contributed by atoms with Crippen LogP contribution in [0.3, 0.4) is 0 Å². The molecule has 0 saturated carbocycles. The Morgan fingerprint density at radius 3 is 1.92 bits per heavy atom. The lowest BCUT2D eigenvalue weighted by Gasteiger charge is -2.21. The van der Waals surface area contributed by atoms with Crippen LogP contribution < -0.4 is 14.8 Å². The van der Waals surface area contributed by atoms with Gasteiger partial charge in [-0.3, -0.25) is 9.59 Å². The second-order valence-corrected chi connectivity index (χ2v) is 10.6. The molecular weight excluding hydrogens is 498 g/mol. The molecule has 38 heavy (non-hydrogen) atoms. The number of esters is 2. The van der Waals surface area contributed by atoms with Gasteiger partial charge in [0, 0.05) is 6.54 Å². The molecule has 0 fully saturated rings. The van der Waals surface area contributed by atoms with E-state index in [0.717, 1.165) is 0 Å². The Morgan fingerprint density at radius 1 is 0.868 bits per heavy atom. The second-order valence-electron chi connectivity index (χ2n) is 10.6. The molecule has 1 rings (SSSR count). The molecule has 1 unspecified atom stereocenters. The highest BCUT2D eigenvalue weighted by atomic mass is 16.8. The summed E-state index contributed by atoms with van der Waals surface area (Å²) in [4.78, 5) is 48.8. The number of hydrogen-bond donors (Lipinski definition) is 1. The molecule has 0 aliphatic heterocycles. The third-order valence-electron chi connectivity index (χ3n) is 4.85. The Labute approximate surface area is 224 Å². The van der Waals surface area contributed by atoms with Gasteiger partial charge in [-0.2, -0.15) is 0 Å². The first-order valence-corrected chi connectivity index (χ1v) is 12.5. The summed E-state index contributed by atoms with van der Waals surface area (Å²) in [7, 11) is 1.26. The molecule has 2 atom stereocenters. The standard InChI is InChI=1S/C27H41NO10/c1-10-17(2)22(29)34-14-13-28-19(23(30)33-9)15-18-11-12-20(35-24(31)37-26(3,4)5)21(16-18)36-25(32)38-27(6,7)8/h11-12,16-17,19,28H,10,13-15H2,1-9H3/t17?,19-/m0/s1. The van der Waals surface area contributed by atoms with Gasteiger partial charge < -0.3 is 33.7 Å². The van der Waals surface area contributed by atoms with Crippen molar-refractivity contribution in [1.82, 2.24) is 5.32 Å². The fourth-order valence-electron chi connectivity index (χ4n) is 2.88. The number of carbonyl (C=O) groups is 4. The summed E-state index contributed by atoms with van der Waals surface area (Å²) < 4.78 is 31.1. The Morgan fingerprint density at radius 2 is 1.42 bits per heavy atom. The lowest BCUT2D eigenvalue weighted by molar-refractivity contribution is -0.148. The number of hydrogen-bond acceptors (Lipinski definition) is 11. The monoisotopic (exact) mass is 539 g/mol. The van der Waals surface area contributed by atoms with Crippen molar-refractivity contribution >= 4 is 24.2 Å². The third kappa shape index (κ3) is 12.8. The second kappa shape index (κ2) is 14.6. The van der Waals surface area contributed by atoms with Gasteiger partial charge in [-0.15, -0.1) is 0 Å². The molecule has 0 saturated heterocycles. The molecular formula is C27H41NO10. The SMILES string of the molecule is CCC(C)C(=O)OCCN[C@@H](Cc1ccc(OC(=O)OC(C)(C)C)c(OC(=O)OC(C)(C)C)c1)C(=O)OC. The molecule has 0 spiro atoms. The summed E-state index contributed by atoms with van der Waals surface area (Å²) in [6, 6.07) is 3.67. The molecule has 1 N–H and O–H groups in total. The predicted octanol–water partition coefficient (Wildman–Crippen LogP) is 4.58. The molecule has 0 heterocycles. The Balaban J connectivity index is 3.08. The Bertz CT molecular complexity index is 962. The van der Waals surface area contributed by atoms with Gasteiger partial charge in [-0.05, 0) is 72.1 Å². The largest absolute Gasteiger partial charge is 0.514 e. The molecule has 0 aromatic heterocycles. The molecule has 0 bridgehead atoms. The van der Waals surface area contributed by atoms with Crippen molar-refractivity contribution in [3.05, 3.63) is 23.8 Å². The Kier molecular flexibility index (Phi) is 12.5. The minimum absolute atomic E-state index is 0.0756. The van der Waals surface area contributed by atoms with Crippen LogP contribution in [0.15, 0.2) is 18.2 Å². The van der Waals surface area contributed by atoms with Gasteiger partial charge in [-0.25, -0.2) is 9.59 Å². The van der Waals surface area contributed by atoms with Crippen LogP contribution >= 0.6 is 0 Å². The summed E-state index contributed by atoms with van der Waals surface area (Å²) in [5.41, 5.74) is -1.07. The van der Waals surface area contributed by atoms with Crippen LogP contribution in [0.1, 0.15) is 67.4 Å². The molecule has 214 valence electrons. The number of benzene rings is 1. The molecule has 1 aromatic carbocycles. The van der Waals surface area contributed by atoms with Crippen LogP contribution in [0.25, 0.3) is 0 Å². The van der Waals surface area contributed by atoms with Gasteiger partial charge in [0.1, 0.15) is 23.9 Å². The first kappa shape index (κ1) is 32.7. The average Bonchev–Trinajstić information content (AvgIpc) is 2.78. The maximum Gasteiger partial charge on any atom is 0.514 e. The van der Waals surface area contributed by atoms with E-state index in [1.165, 1.54) is 19.2 Å². The third-order valence-corrected chi connectivity index (χ3v) is 4.85. The van der Waals surface area contributed by atoms with Gasteiger partial charge >= 0.3 is 24.2 Å². The van der Waals surface area contributed by atoms with E-state index in [4.69, 9.17) is 28.4 Å². The van der Waals surface area contributed by atoms with E-state index in [0.29, 0.717) is 12.0 Å². The van der Waals surface area contributed by atoms with Crippen LogP contribution in [-0.2, 0) is 35.0 Å². The van der Waals surface area contributed by atoms with E-state index in [-0.39, 0.29) is 43.0 Å². The van der Waals surface area contributed by atoms with Gasteiger partial charge in [-0.1, -0.05) is 19.9 Å². The van der Waals surface area contributed by atoms with Crippen molar-refractivity contribution in [3.8, 4) is 11.5 Å². The molecule has 0 aliphatic rings. The topological polar surface area (TPSA) is 136 Å². The quantitative estimate of drug-likeness (QED) is 0.183. The fourth-order valence-corrected chi connectivity index (χ4v) is 2.88. The molecule has 1 aromatic rings. The van der Waals surface area contributed by atoms with Crippen molar-refractivity contribution in [2.75, 3.05) is 20.3 Å². The summed E-state index contributed by atoms with van der Waals surface area (Å²) in [5.74, 6) is -1.24. The smallest absolute Gasteiger partial charge is 0.468 e. The zero-order valence-electron chi connectivity index (χ0n) is 23.8. The van der Waals surface area contributed by atoms with Crippen LogP contribution in [-0.4, -0.2) is 61.8 Å². The van der Waals surface area contributed by atoms with Gasteiger partial charge in [0.25, 0.3) is 0 Å². The molecule has 0 aliphatic carbocycles. The fraction of sp³-hybridized carbons (Fsp3) is 0.630. The lowest BCUT2D eigenvalue weighted by Crippen LogP contribution is -2.41. The van der Waals surface area contributed by atoms with Crippen LogP contribution in [0, 0.1) is 5.92 Å². The van der Waals surface area contributed by atoms with Crippen LogP contribution in [0.4, 0.5) is 9.59 Å². The minimum atomic E-state index is -1.01. The highest BCUT2D eigenvalue weighted by Gasteiger charge is 2.25. The molecule has 0 radical (unpaired) electrons. The van der Waals surface area contributed by atoms with Gasteiger partial charge in [0.15, 0.2) is 11.5 Å². The van der Waals surface area contributed by atoms with Crippen molar-refractivity contribution in [2.45, 2.75) is 85.5 Å². The van der Waals surface area contributed by atoms with E-state index in [2.05, 4.69) is 5.32 Å². The zero-order chi connectivity index (χ0) is 29.1. The van der Waals surface area contributed by atoms with Crippen molar-refractivity contribution < 1.29 is 47.6 Å². The van der Waals surface area contributed by atoms with Crippen LogP contribution in [0.5, 0.6) is 11.5 Å². The summed E-state index contributed by atoms with van der Waals surface area (Å²) >= 11 is 0. The highest BCUT2D eigenvalue weighted by molar-refractivity contribution is 5.76. The van der Waals surface area contributed by atoms with Gasteiger partial charge in [0.2, 0.25) is 0 Å². The van der Waals surface area contributed by atoms with E-state index in [1.807, 2.05) is 6.92 Å². The van der Waals surface area contributed by atoms with E-state index < -0.39 is 35.5 Å². The molecule has 11 nitrogen and oxygen atoms in total. The predicted molar refractivity (Wildman–Crippen MR) is 138 cm³/mol. The van der Waals surface area contributed by atoms with Gasteiger partial charge in [0.05, 0.1) is 13.0 Å².